The van der Waals surface area contributed by atoms with Crippen LogP contribution in [0.3, 0.4) is 0 Å². The van der Waals surface area contributed by atoms with Gasteiger partial charge in [0.1, 0.15) is 0 Å². The molecule has 4 rings (SSSR count). The Labute approximate surface area is 193 Å². The van der Waals surface area contributed by atoms with E-state index in [9.17, 15) is 4.79 Å². The van der Waals surface area contributed by atoms with E-state index < -0.39 is 0 Å². The summed E-state index contributed by atoms with van der Waals surface area (Å²) in [5.74, 6) is 0.170. The van der Waals surface area contributed by atoms with Crippen LogP contribution < -0.4 is 10.6 Å². The van der Waals surface area contributed by atoms with Crippen LogP contribution in [0.25, 0.3) is 0 Å². The van der Waals surface area contributed by atoms with Crippen molar-refractivity contribution < 1.29 is 4.79 Å². The summed E-state index contributed by atoms with van der Waals surface area (Å²) in [4.78, 5) is 17.7. The number of benzene rings is 2. The first kappa shape index (κ1) is 23.0. The molecule has 0 unspecified atom stereocenters. The molecule has 0 radical (unpaired) electrons. The summed E-state index contributed by atoms with van der Waals surface area (Å²) in [6.45, 7) is 7.91. The average molecular weight is 435 g/mol. The van der Waals surface area contributed by atoms with Crippen molar-refractivity contribution in [2.24, 2.45) is 0 Å². The number of nitrogens with one attached hydrogen (secondary N) is 2. The maximum absolute atomic E-state index is 12.7. The van der Waals surface area contributed by atoms with Gasteiger partial charge in [-0.05, 0) is 56.8 Å². The van der Waals surface area contributed by atoms with Gasteiger partial charge in [-0.1, -0.05) is 60.7 Å². The molecule has 2 saturated heterocycles. The molecule has 2 fully saturated rings. The maximum Gasteiger partial charge on any atom is 0.237 e. The Balaban J connectivity index is 1.26. The summed E-state index contributed by atoms with van der Waals surface area (Å²) >= 11 is 0. The minimum atomic E-state index is -0.0429. The number of piperidine rings is 1. The lowest BCUT2D eigenvalue weighted by molar-refractivity contribution is -0.125. The van der Waals surface area contributed by atoms with Crippen molar-refractivity contribution in [2.75, 3.05) is 32.7 Å². The molecule has 0 aromatic heterocycles. The van der Waals surface area contributed by atoms with Crippen molar-refractivity contribution in [3.8, 4) is 0 Å². The molecule has 2 atom stereocenters. The van der Waals surface area contributed by atoms with Gasteiger partial charge in [0.25, 0.3) is 0 Å². The van der Waals surface area contributed by atoms with Crippen molar-refractivity contribution in [3.63, 3.8) is 0 Å². The molecule has 2 aromatic carbocycles. The first-order chi connectivity index (χ1) is 15.7. The topological polar surface area (TPSA) is 47.6 Å². The smallest absolute Gasteiger partial charge is 0.237 e. The summed E-state index contributed by atoms with van der Waals surface area (Å²) in [5.41, 5.74) is 2.70. The van der Waals surface area contributed by atoms with E-state index >= 15 is 0 Å². The van der Waals surface area contributed by atoms with E-state index in [0.29, 0.717) is 18.6 Å². The summed E-state index contributed by atoms with van der Waals surface area (Å²) in [6.07, 6.45) is 4.41. The Morgan fingerprint density at radius 1 is 0.938 bits per heavy atom. The van der Waals surface area contributed by atoms with Crippen LogP contribution in [-0.2, 0) is 17.8 Å². The number of rotatable bonds is 9. The first-order valence-electron chi connectivity index (χ1n) is 12.3. The van der Waals surface area contributed by atoms with Crippen molar-refractivity contribution in [2.45, 2.75) is 57.3 Å². The minimum absolute atomic E-state index is 0.0429. The second-order valence-corrected chi connectivity index (χ2v) is 9.28. The van der Waals surface area contributed by atoms with Crippen molar-refractivity contribution in [3.05, 3.63) is 71.8 Å². The standard InChI is InChI=1S/C27H38N4O/c1-2-28-27(32)26-19-25(21-31(26)20-23-11-7-4-8-12-23)29-24-14-17-30(18-15-24)16-13-22-9-5-3-6-10-22/h3-12,24-26,29H,2,13-21H2,1H3,(H,28,32)/t25-,26+/m1/s1. The predicted octanol–water partition coefficient (Wildman–Crippen LogP) is 3.06. The van der Waals surface area contributed by atoms with E-state index in [4.69, 9.17) is 0 Å². The normalized spacial score (nSPS) is 22.8. The van der Waals surface area contributed by atoms with E-state index in [1.54, 1.807) is 0 Å². The zero-order valence-corrected chi connectivity index (χ0v) is 19.4. The Morgan fingerprint density at radius 3 is 2.25 bits per heavy atom. The third kappa shape index (κ3) is 6.41. The maximum atomic E-state index is 12.7. The van der Waals surface area contributed by atoms with E-state index in [-0.39, 0.29) is 11.9 Å². The molecule has 2 aromatic rings. The van der Waals surface area contributed by atoms with Crippen LogP contribution in [0, 0.1) is 0 Å². The molecule has 172 valence electrons. The molecule has 2 N–H and O–H groups in total. The number of likely N-dealkylation sites (N-methyl/N-ethyl adjacent to an activating group) is 1. The van der Waals surface area contributed by atoms with E-state index in [1.807, 2.05) is 13.0 Å². The first-order valence-corrected chi connectivity index (χ1v) is 12.3. The van der Waals surface area contributed by atoms with E-state index in [2.05, 4.69) is 75.0 Å². The number of likely N-dealkylation sites (tertiary alicyclic amines) is 2. The molecule has 2 aliphatic heterocycles. The summed E-state index contributed by atoms with van der Waals surface area (Å²) < 4.78 is 0. The van der Waals surface area contributed by atoms with E-state index in [0.717, 1.165) is 45.6 Å². The van der Waals surface area contributed by atoms with Gasteiger partial charge in [-0.25, -0.2) is 0 Å². The lowest BCUT2D eigenvalue weighted by Crippen LogP contribution is -2.47. The molecular weight excluding hydrogens is 396 g/mol. The van der Waals surface area contributed by atoms with Crippen LogP contribution in [0.2, 0.25) is 0 Å². The minimum Gasteiger partial charge on any atom is -0.355 e. The summed E-state index contributed by atoms with van der Waals surface area (Å²) in [6, 6.07) is 22.2. The lowest BCUT2D eigenvalue weighted by Gasteiger charge is -2.34. The molecule has 0 aliphatic carbocycles. The van der Waals surface area contributed by atoms with Crippen LogP contribution in [0.5, 0.6) is 0 Å². The lowest BCUT2D eigenvalue weighted by atomic mass is 10.0. The van der Waals surface area contributed by atoms with Gasteiger partial charge in [0.05, 0.1) is 6.04 Å². The average Bonchev–Trinajstić information content (AvgIpc) is 3.22. The van der Waals surface area contributed by atoms with Crippen molar-refractivity contribution >= 4 is 5.91 Å². The number of carbonyl (C=O) groups excluding carboxylic acids is 1. The SMILES string of the molecule is CCNC(=O)[C@@H]1C[C@@H](NC2CCN(CCc3ccccc3)CC2)CN1Cc1ccccc1. The number of amides is 1. The second kappa shape index (κ2) is 11.6. The van der Waals surface area contributed by atoms with Crippen molar-refractivity contribution in [1.82, 2.24) is 20.4 Å². The molecular formula is C27H38N4O. The largest absolute Gasteiger partial charge is 0.355 e. The van der Waals surface area contributed by atoms with Gasteiger partial charge in [0.15, 0.2) is 0 Å². The van der Waals surface area contributed by atoms with Gasteiger partial charge in [-0.2, -0.15) is 0 Å². The number of carbonyl (C=O) groups is 1. The van der Waals surface area contributed by atoms with Gasteiger partial charge >= 0.3 is 0 Å². The Bertz CT molecular complexity index is 820. The number of hydrogen-bond donors (Lipinski definition) is 2. The van der Waals surface area contributed by atoms with Gasteiger partial charge in [-0.3, -0.25) is 9.69 Å². The Kier molecular flexibility index (Phi) is 8.32. The molecule has 1 amide bonds. The molecule has 32 heavy (non-hydrogen) atoms. The highest BCUT2D eigenvalue weighted by Crippen LogP contribution is 2.23. The quantitative estimate of drug-likeness (QED) is 0.637. The third-order valence-electron chi connectivity index (χ3n) is 6.90. The van der Waals surface area contributed by atoms with Crippen molar-refractivity contribution in [1.29, 1.82) is 0 Å². The second-order valence-electron chi connectivity index (χ2n) is 9.28. The van der Waals surface area contributed by atoms with Crippen LogP contribution in [0.1, 0.15) is 37.3 Å². The fourth-order valence-electron chi connectivity index (χ4n) is 5.17. The highest BCUT2D eigenvalue weighted by molar-refractivity contribution is 5.82. The fraction of sp³-hybridized carbons (Fsp3) is 0.519. The third-order valence-corrected chi connectivity index (χ3v) is 6.90. The summed E-state index contributed by atoms with van der Waals surface area (Å²) in [7, 11) is 0. The molecule has 0 bridgehead atoms. The van der Waals surface area contributed by atoms with Crippen LogP contribution >= 0.6 is 0 Å². The van der Waals surface area contributed by atoms with Gasteiger partial charge in [0.2, 0.25) is 5.91 Å². The van der Waals surface area contributed by atoms with Crippen LogP contribution in [-0.4, -0.2) is 66.6 Å². The zero-order chi connectivity index (χ0) is 22.2. The Morgan fingerprint density at radius 2 is 1.59 bits per heavy atom. The molecule has 0 spiro atoms. The zero-order valence-electron chi connectivity index (χ0n) is 19.4. The molecule has 0 saturated carbocycles. The monoisotopic (exact) mass is 434 g/mol. The fourth-order valence-corrected chi connectivity index (χ4v) is 5.17. The van der Waals surface area contributed by atoms with Gasteiger partial charge in [-0.15, -0.1) is 0 Å². The number of nitrogens with zero attached hydrogens (tertiary/aromatic N) is 2. The molecule has 5 heteroatoms. The van der Waals surface area contributed by atoms with Gasteiger partial charge < -0.3 is 15.5 Å². The number of hydrogen-bond acceptors (Lipinski definition) is 4. The Hall–Kier alpha value is -2.21. The molecule has 2 heterocycles. The van der Waals surface area contributed by atoms with E-state index in [1.165, 1.54) is 24.0 Å². The molecule has 5 nitrogen and oxygen atoms in total. The predicted molar refractivity (Wildman–Crippen MR) is 130 cm³/mol. The highest BCUT2D eigenvalue weighted by atomic mass is 16.2. The highest BCUT2D eigenvalue weighted by Gasteiger charge is 2.37. The van der Waals surface area contributed by atoms with Crippen LogP contribution in [0.15, 0.2) is 60.7 Å². The molecule has 2 aliphatic rings. The summed E-state index contributed by atoms with van der Waals surface area (Å²) in [5, 5.41) is 6.95. The van der Waals surface area contributed by atoms with Crippen LogP contribution in [0.4, 0.5) is 0 Å². The van der Waals surface area contributed by atoms with Gasteiger partial charge in [0, 0.05) is 38.3 Å².